The first-order valence-electron chi connectivity index (χ1n) is 30.1. The summed E-state index contributed by atoms with van der Waals surface area (Å²) in [4.78, 5) is 166. The lowest BCUT2D eigenvalue weighted by Gasteiger charge is -2.31. The fourth-order valence-electron chi connectivity index (χ4n) is 9.81. The zero-order valence-corrected chi connectivity index (χ0v) is 52.3. The average molecular weight is 1230 g/mol. The van der Waals surface area contributed by atoms with Crippen LogP contribution in [0.15, 0.2) is 30.3 Å². The van der Waals surface area contributed by atoms with Crippen molar-refractivity contribution in [2.75, 3.05) is 34.0 Å². The molecule has 0 aromatic heterocycles. The molecule has 1 aromatic rings. The second kappa shape index (κ2) is 35.5. The molecule has 1 aromatic carbocycles. The Morgan fingerprint density at radius 1 is 0.667 bits per heavy atom. The van der Waals surface area contributed by atoms with Gasteiger partial charge in [-0.05, 0) is 81.7 Å². The number of hydrogen-bond acceptors (Lipinski definition) is 17. The molecule has 1 saturated heterocycles. The number of amides is 11. The molecular weight excluding hydrogens is 1130 g/mol. The highest BCUT2D eigenvalue weighted by Crippen LogP contribution is 2.46. The number of likely N-dealkylation sites (N-methyl/N-ethyl adjacent to an activating group) is 1. The maximum Gasteiger partial charge on any atom is 0.329 e. The average Bonchev–Trinajstić information content (AvgIpc) is 1.62. The van der Waals surface area contributed by atoms with Gasteiger partial charge < -0.3 is 83.9 Å². The van der Waals surface area contributed by atoms with Crippen molar-refractivity contribution in [2.45, 2.75) is 199 Å². The molecule has 1 spiro atoms. The van der Waals surface area contributed by atoms with Gasteiger partial charge in [-0.2, -0.15) is 0 Å². The summed E-state index contributed by atoms with van der Waals surface area (Å²) in [5.74, 6) is -13.2. The standard InChI is InChI=1S/C59H96N12O16/c1-13-30(5)43(67-50(77)39(61-11)26-36-20-18-17-19-21-36)53(80)64-40(28-72)51(78)63-38(22-23-42(60)74)49(76)66-45(32(7)15-3)55(82)68-44(31(6)14-2)54(81)65-41(29-73)52(79)69-47-35(10)87-57(84)46(33(8)16-4)70-58(85)59(27-37(59)24-25-86-12)71-48(75)34(9)62-56(47)83/h17-21,30-35,37-41,43-47,61,72-73H,13-16,22-29H2,1-12H3,(H2,60,74)(H,62,83)(H,63,78)(H,64,80)(H,65,81)(H,66,76)(H,67,77)(H,68,82)(H,69,79)(H,70,85)(H,71,75)/t30-,31-,32-,33-,34-,35-,37?,38+,39+,40-,41-,43-,44-,45+,46-,47+,59?/m0/s1. The molecule has 11 amide bonds. The Morgan fingerprint density at radius 2 is 1.15 bits per heavy atom. The van der Waals surface area contributed by atoms with E-state index in [4.69, 9.17) is 15.2 Å². The largest absolute Gasteiger partial charge is 0.458 e. The number of rotatable bonds is 33. The molecular formula is C59H96N12O16. The number of hydrogen-bond donors (Lipinski definition) is 14. The number of carbonyl (C=O) groups is 12. The van der Waals surface area contributed by atoms with Crippen molar-refractivity contribution in [3.05, 3.63) is 35.9 Å². The van der Waals surface area contributed by atoms with E-state index in [2.05, 4.69) is 58.5 Å². The summed E-state index contributed by atoms with van der Waals surface area (Å²) in [5.41, 5.74) is 4.90. The van der Waals surface area contributed by atoms with Gasteiger partial charge in [-0.1, -0.05) is 111 Å². The molecule has 17 atom stereocenters. The minimum absolute atomic E-state index is 0.232. The molecule has 1 aliphatic carbocycles. The van der Waals surface area contributed by atoms with E-state index in [-0.39, 0.29) is 31.8 Å². The predicted molar refractivity (Wildman–Crippen MR) is 317 cm³/mol. The van der Waals surface area contributed by atoms with Gasteiger partial charge in [-0.25, -0.2) is 4.79 Å². The summed E-state index contributed by atoms with van der Waals surface area (Å²) in [5, 5.41) is 49.7. The molecule has 1 saturated carbocycles. The lowest BCUT2D eigenvalue weighted by Crippen LogP contribution is -2.63. The number of aliphatic hydroxyl groups excluding tert-OH is 2. The summed E-state index contributed by atoms with van der Waals surface area (Å²) in [6.45, 7) is 14.5. The number of aliphatic hydroxyl groups is 2. The van der Waals surface area contributed by atoms with Gasteiger partial charge in [0, 0.05) is 20.1 Å². The van der Waals surface area contributed by atoms with E-state index >= 15 is 0 Å². The van der Waals surface area contributed by atoms with Crippen molar-refractivity contribution in [3.63, 3.8) is 0 Å². The third kappa shape index (κ3) is 21.2. The van der Waals surface area contributed by atoms with Crippen LogP contribution in [0.25, 0.3) is 0 Å². The monoisotopic (exact) mass is 1230 g/mol. The Balaban J connectivity index is 1.85. The molecule has 15 N–H and O–H groups in total. The number of carbonyl (C=O) groups excluding carboxylic acids is 12. The third-order valence-electron chi connectivity index (χ3n) is 16.7. The van der Waals surface area contributed by atoms with E-state index in [9.17, 15) is 67.7 Å². The number of nitrogens with one attached hydrogen (secondary N) is 11. The van der Waals surface area contributed by atoms with Gasteiger partial charge in [-0.15, -0.1) is 0 Å². The number of esters is 1. The van der Waals surface area contributed by atoms with Crippen LogP contribution >= 0.6 is 0 Å². The fourth-order valence-corrected chi connectivity index (χ4v) is 9.81. The van der Waals surface area contributed by atoms with Crippen molar-refractivity contribution in [1.82, 2.24) is 58.5 Å². The van der Waals surface area contributed by atoms with Gasteiger partial charge in [-0.3, -0.25) is 52.7 Å². The maximum atomic E-state index is 14.4. The Labute approximate surface area is 509 Å². The van der Waals surface area contributed by atoms with Crippen LogP contribution in [0.1, 0.15) is 126 Å². The second-order valence-corrected chi connectivity index (χ2v) is 23.0. The van der Waals surface area contributed by atoms with Gasteiger partial charge >= 0.3 is 5.97 Å². The van der Waals surface area contributed by atoms with Crippen molar-refractivity contribution in [2.24, 2.45) is 35.3 Å². The topological polar surface area (TPSA) is 422 Å². The molecule has 0 radical (unpaired) electrons. The Bertz CT molecular complexity index is 2540. The molecule has 28 nitrogen and oxygen atoms in total. The molecule has 3 rings (SSSR count). The quantitative estimate of drug-likeness (QED) is 0.0323. The second-order valence-electron chi connectivity index (χ2n) is 23.0. The SMILES string of the molecule is CC[C@H](C)[C@H](NC(=O)[C@@H](Cc1ccccc1)NC)C(=O)N[C@@H](CO)C(=O)N[C@H](CCC(N)=O)C(=O)N[C@@H](C(=O)N[C@H](C(=O)N[C@@H](CO)C(=O)N[C@H]1C(=O)N[C@@H](C)C(=O)NC2(CC2CCOC)C(=O)N[C@@H]([C@@H](C)CC)C(=O)O[C@H]1C)[C@@H](C)CC)[C@@H](C)CC. The Hall–Kier alpha value is -7.30. The molecule has 488 valence electrons. The van der Waals surface area contributed by atoms with Crippen LogP contribution in [-0.2, 0) is 73.4 Å². The first-order valence-corrected chi connectivity index (χ1v) is 30.1. The van der Waals surface area contributed by atoms with Crippen LogP contribution in [0.5, 0.6) is 0 Å². The lowest BCUT2D eigenvalue weighted by molar-refractivity contribution is -0.157. The predicted octanol–water partition coefficient (Wildman–Crippen LogP) is -2.51. The lowest BCUT2D eigenvalue weighted by atomic mass is 9.94. The van der Waals surface area contributed by atoms with E-state index in [1.165, 1.54) is 21.0 Å². The molecule has 1 heterocycles. The number of cyclic esters (lactones) is 1. The van der Waals surface area contributed by atoms with Crippen molar-refractivity contribution < 1.29 is 77.2 Å². The van der Waals surface area contributed by atoms with Crippen LogP contribution < -0.4 is 64.2 Å². The summed E-state index contributed by atoms with van der Waals surface area (Å²) < 4.78 is 11.0. The van der Waals surface area contributed by atoms with Gasteiger partial charge in [0.05, 0.1) is 19.3 Å². The molecule has 2 unspecified atom stereocenters. The van der Waals surface area contributed by atoms with Gasteiger partial charge in [0.1, 0.15) is 66.0 Å². The zero-order valence-electron chi connectivity index (χ0n) is 52.3. The van der Waals surface area contributed by atoms with Crippen molar-refractivity contribution >= 4 is 70.9 Å². The van der Waals surface area contributed by atoms with Crippen LogP contribution in [-0.4, -0.2) is 187 Å². The van der Waals surface area contributed by atoms with Crippen LogP contribution in [0.4, 0.5) is 0 Å². The number of primary amides is 1. The molecule has 87 heavy (non-hydrogen) atoms. The first kappa shape index (κ1) is 74.0. The number of methoxy groups -OCH3 is 1. The van der Waals surface area contributed by atoms with Crippen molar-refractivity contribution in [1.29, 1.82) is 0 Å². The molecule has 28 heteroatoms. The zero-order chi connectivity index (χ0) is 65.5. The minimum atomic E-state index is -1.81. The summed E-state index contributed by atoms with van der Waals surface area (Å²) >= 11 is 0. The summed E-state index contributed by atoms with van der Waals surface area (Å²) in [6, 6.07) is -4.98. The van der Waals surface area contributed by atoms with Gasteiger partial charge in [0.25, 0.3) is 0 Å². The van der Waals surface area contributed by atoms with Gasteiger partial charge in [0.15, 0.2) is 0 Å². The van der Waals surface area contributed by atoms with Crippen molar-refractivity contribution in [3.8, 4) is 0 Å². The number of benzene rings is 1. The van der Waals surface area contributed by atoms with Gasteiger partial charge in [0.2, 0.25) is 65.0 Å². The van der Waals surface area contributed by atoms with E-state index in [0.29, 0.717) is 25.7 Å². The fraction of sp³-hybridized carbons (Fsp3) is 0.695. The van der Waals surface area contributed by atoms with Crippen LogP contribution in [0.2, 0.25) is 0 Å². The molecule has 0 bridgehead atoms. The Kier molecular flexibility index (Phi) is 30.2. The van der Waals surface area contributed by atoms with E-state index in [0.717, 1.165) is 5.56 Å². The van der Waals surface area contributed by atoms with E-state index < -0.39 is 193 Å². The molecule has 2 aliphatic rings. The molecule has 1 aliphatic heterocycles. The smallest absolute Gasteiger partial charge is 0.329 e. The maximum absolute atomic E-state index is 14.4. The minimum Gasteiger partial charge on any atom is -0.458 e. The first-order chi connectivity index (χ1) is 41.1. The highest BCUT2D eigenvalue weighted by Gasteiger charge is 2.61. The number of nitrogens with two attached hydrogens (primary N) is 1. The highest BCUT2D eigenvalue weighted by atomic mass is 16.5. The van der Waals surface area contributed by atoms with Crippen LogP contribution in [0, 0.1) is 29.6 Å². The van der Waals surface area contributed by atoms with E-state index in [1.54, 1.807) is 62.4 Å². The summed E-state index contributed by atoms with van der Waals surface area (Å²) in [7, 11) is 3.09. The summed E-state index contributed by atoms with van der Waals surface area (Å²) in [6.07, 6.45) is -0.0284. The Morgan fingerprint density at radius 3 is 1.63 bits per heavy atom. The van der Waals surface area contributed by atoms with E-state index in [1.807, 2.05) is 30.3 Å². The van der Waals surface area contributed by atoms with Crippen LogP contribution in [0.3, 0.4) is 0 Å². The third-order valence-corrected chi connectivity index (χ3v) is 16.7. The highest BCUT2D eigenvalue weighted by molar-refractivity contribution is 6.01. The molecule has 2 fully saturated rings. The number of ether oxygens (including phenoxy) is 2. The normalized spacial score (nSPS) is 23.4.